The summed E-state index contributed by atoms with van der Waals surface area (Å²) in [4.78, 5) is 4.50. The molecule has 0 aliphatic rings. The molecule has 3 nitrogen and oxygen atoms in total. The third-order valence-corrected chi connectivity index (χ3v) is 2.90. The van der Waals surface area contributed by atoms with Crippen molar-refractivity contribution >= 4 is 10.9 Å². The number of aromatic nitrogens is 1. The van der Waals surface area contributed by atoms with Crippen LogP contribution in [0.5, 0.6) is 17.4 Å². The smallest absolute Gasteiger partial charge is 0.222 e. The van der Waals surface area contributed by atoms with Crippen molar-refractivity contribution in [3.8, 4) is 17.4 Å². The van der Waals surface area contributed by atoms with Crippen LogP contribution in [0, 0.1) is 6.92 Å². The molecule has 94 valence electrons. The minimum absolute atomic E-state index is 0.177. The van der Waals surface area contributed by atoms with Crippen molar-refractivity contribution in [1.29, 1.82) is 0 Å². The van der Waals surface area contributed by atoms with E-state index in [4.69, 9.17) is 4.74 Å². The number of aromatic hydroxyl groups is 1. The summed E-state index contributed by atoms with van der Waals surface area (Å²) in [7, 11) is 0. The van der Waals surface area contributed by atoms with Crippen molar-refractivity contribution < 1.29 is 9.84 Å². The monoisotopic (exact) mass is 251 g/mol. The molecule has 1 heterocycles. The van der Waals surface area contributed by atoms with Crippen molar-refractivity contribution in [2.24, 2.45) is 0 Å². The topological polar surface area (TPSA) is 42.4 Å². The van der Waals surface area contributed by atoms with Gasteiger partial charge in [0.1, 0.15) is 11.5 Å². The van der Waals surface area contributed by atoms with E-state index >= 15 is 0 Å². The normalized spacial score (nSPS) is 10.6. The molecule has 3 rings (SSSR count). The van der Waals surface area contributed by atoms with Gasteiger partial charge in [-0.2, -0.15) is 0 Å². The van der Waals surface area contributed by atoms with Gasteiger partial charge < -0.3 is 9.84 Å². The molecule has 3 heteroatoms. The van der Waals surface area contributed by atoms with Gasteiger partial charge in [-0.15, -0.1) is 0 Å². The second-order valence-corrected chi connectivity index (χ2v) is 4.40. The maximum atomic E-state index is 9.43. The van der Waals surface area contributed by atoms with Crippen LogP contribution in [0.4, 0.5) is 0 Å². The SMILES string of the molecule is Cc1cc2ccccc2nc1Oc1cccc(O)c1. The molecule has 2 aromatic carbocycles. The summed E-state index contributed by atoms with van der Waals surface area (Å²) >= 11 is 0. The van der Waals surface area contributed by atoms with Gasteiger partial charge in [0, 0.05) is 17.0 Å². The maximum Gasteiger partial charge on any atom is 0.222 e. The second kappa shape index (κ2) is 4.61. The van der Waals surface area contributed by atoms with Crippen LogP contribution in [-0.2, 0) is 0 Å². The third kappa shape index (κ3) is 2.36. The first-order valence-corrected chi connectivity index (χ1v) is 6.06. The van der Waals surface area contributed by atoms with E-state index in [9.17, 15) is 5.11 Å². The van der Waals surface area contributed by atoms with Crippen LogP contribution >= 0.6 is 0 Å². The van der Waals surface area contributed by atoms with E-state index in [0.717, 1.165) is 16.5 Å². The van der Waals surface area contributed by atoms with Gasteiger partial charge >= 0.3 is 0 Å². The Morgan fingerprint density at radius 1 is 1.00 bits per heavy atom. The predicted octanol–water partition coefficient (Wildman–Crippen LogP) is 4.04. The first-order chi connectivity index (χ1) is 9.22. The quantitative estimate of drug-likeness (QED) is 0.747. The summed E-state index contributed by atoms with van der Waals surface area (Å²) in [5.41, 5.74) is 1.85. The highest BCUT2D eigenvalue weighted by molar-refractivity contribution is 5.80. The van der Waals surface area contributed by atoms with Gasteiger partial charge in [-0.3, -0.25) is 0 Å². The molecule has 0 radical (unpaired) electrons. The van der Waals surface area contributed by atoms with Crippen molar-refractivity contribution in [2.45, 2.75) is 6.92 Å². The lowest BCUT2D eigenvalue weighted by atomic mass is 10.2. The number of fused-ring (bicyclic) bond motifs is 1. The molecule has 19 heavy (non-hydrogen) atoms. The minimum atomic E-state index is 0.177. The molecule has 0 spiro atoms. The minimum Gasteiger partial charge on any atom is -0.508 e. The number of hydrogen-bond donors (Lipinski definition) is 1. The Labute approximate surface area is 111 Å². The summed E-state index contributed by atoms with van der Waals surface area (Å²) in [6, 6.07) is 16.6. The van der Waals surface area contributed by atoms with Crippen LogP contribution in [0.25, 0.3) is 10.9 Å². The van der Waals surface area contributed by atoms with E-state index in [-0.39, 0.29) is 5.75 Å². The van der Waals surface area contributed by atoms with Crippen molar-refractivity contribution in [3.05, 3.63) is 60.2 Å². The highest BCUT2D eigenvalue weighted by Gasteiger charge is 2.06. The second-order valence-electron chi connectivity index (χ2n) is 4.40. The van der Waals surface area contributed by atoms with E-state index in [1.54, 1.807) is 24.3 Å². The predicted molar refractivity (Wildman–Crippen MR) is 74.7 cm³/mol. The Kier molecular flexibility index (Phi) is 2.80. The van der Waals surface area contributed by atoms with Gasteiger partial charge in [0.15, 0.2) is 0 Å². The molecule has 1 N–H and O–H groups in total. The highest BCUT2D eigenvalue weighted by atomic mass is 16.5. The maximum absolute atomic E-state index is 9.43. The molecule has 0 saturated heterocycles. The number of pyridine rings is 1. The number of rotatable bonds is 2. The van der Waals surface area contributed by atoms with Gasteiger partial charge in [-0.05, 0) is 31.2 Å². The van der Waals surface area contributed by atoms with Crippen LogP contribution in [0.15, 0.2) is 54.6 Å². The van der Waals surface area contributed by atoms with Crippen LogP contribution in [0.3, 0.4) is 0 Å². The number of nitrogens with zero attached hydrogens (tertiary/aromatic N) is 1. The van der Waals surface area contributed by atoms with E-state index in [1.165, 1.54) is 0 Å². The number of ether oxygens (including phenoxy) is 1. The molecular weight excluding hydrogens is 238 g/mol. The Morgan fingerprint density at radius 3 is 2.68 bits per heavy atom. The van der Waals surface area contributed by atoms with Gasteiger partial charge in [-0.1, -0.05) is 24.3 Å². The summed E-state index contributed by atoms with van der Waals surface area (Å²) in [6.07, 6.45) is 0. The van der Waals surface area contributed by atoms with Crippen molar-refractivity contribution in [2.75, 3.05) is 0 Å². The molecule has 3 aromatic rings. The number of hydrogen-bond acceptors (Lipinski definition) is 3. The third-order valence-electron chi connectivity index (χ3n) is 2.90. The molecule has 0 aliphatic heterocycles. The fraction of sp³-hybridized carbons (Fsp3) is 0.0625. The number of phenolic OH excluding ortho intramolecular Hbond substituents is 1. The Bertz CT molecular complexity index is 738. The molecule has 0 saturated carbocycles. The van der Waals surface area contributed by atoms with E-state index < -0.39 is 0 Å². The Hall–Kier alpha value is -2.55. The Morgan fingerprint density at radius 2 is 1.84 bits per heavy atom. The van der Waals surface area contributed by atoms with E-state index in [2.05, 4.69) is 4.98 Å². The van der Waals surface area contributed by atoms with Gasteiger partial charge in [0.2, 0.25) is 5.88 Å². The van der Waals surface area contributed by atoms with Crippen LogP contribution in [0.2, 0.25) is 0 Å². The highest BCUT2D eigenvalue weighted by Crippen LogP contribution is 2.27. The molecule has 0 unspecified atom stereocenters. The molecular formula is C16H13NO2. The van der Waals surface area contributed by atoms with Crippen LogP contribution < -0.4 is 4.74 Å². The lowest BCUT2D eigenvalue weighted by Gasteiger charge is -2.09. The fourth-order valence-electron chi connectivity index (χ4n) is 1.97. The summed E-state index contributed by atoms with van der Waals surface area (Å²) in [5.74, 6) is 1.31. The van der Waals surface area contributed by atoms with Gasteiger partial charge in [0.05, 0.1) is 5.52 Å². The molecule has 0 aliphatic carbocycles. The standard InChI is InChI=1S/C16H13NO2/c1-11-9-12-5-2-3-8-15(12)17-16(11)19-14-7-4-6-13(18)10-14/h2-10,18H,1H3. The van der Waals surface area contributed by atoms with Crippen LogP contribution in [-0.4, -0.2) is 10.1 Å². The van der Waals surface area contributed by atoms with Crippen molar-refractivity contribution in [1.82, 2.24) is 4.98 Å². The summed E-state index contributed by atoms with van der Waals surface area (Å²) in [5, 5.41) is 10.5. The number of aryl methyl sites for hydroxylation is 1. The summed E-state index contributed by atoms with van der Waals surface area (Å²) < 4.78 is 5.73. The zero-order valence-electron chi connectivity index (χ0n) is 10.5. The molecule has 0 atom stereocenters. The fourth-order valence-corrected chi connectivity index (χ4v) is 1.97. The molecule has 1 aromatic heterocycles. The zero-order valence-corrected chi connectivity index (χ0v) is 10.5. The van der Waals surface area contributed by atoms with Gasteiger partial charge in [0.25, 0.3) is 0 Å². The van der Waals surface area contributed by atoms with Crippen molar-refractivity contribution in [3.63, 3.8) is 0 Å². The average Bonchev–Trinajstić information content (AvgIpc) is 2.40. The van der Waals surface area contributed by atoms with Crippen LogP contribution in [0.1, 0.15) is 5.56 Å². The summed E-state index contributed by atoms with van der Waals surface area (Å²) in [6.45, 7) is 1.96. The molecule has 0 bridgehead atoms. The zero-order chi connectivity index (χ0) is 13.2. The number of benzene rings is 2. The lowest BCUT2D eigenvalue weighted by molar-refractivity contribution is 0.444. The number of phenols is 1. The first kappa shape index (κ1) is 11.5. The first-order valence-electron chi connectivity index (χ1n) is 6.06. The van der Waals surface area contributed by atoms with Gasteiger partial charge in [-0.25, -0.2) is 4.98 Å². The Balaban J connectivity index is 2.03. The molecule has 0 amide bonds. The average molecular weight is 251 g/mol. The largest absolute Gasteiger partial charge is 0.508 e. The van der Waals surface area contributed by atoms with E-state index in [1.807, 2.05) is 37.3 Å². The molecule has 0 fully saturated rings. The van der Waals surface area contributed by atoms with E-state index in [0.29, 0.717) is 11.6 Å². The number of para-hydroxylation sites is 1. The lowest BCUT2D eigenvalue weighted by Crippen LogP contribution is -1.92.